The lowest BCUT2D eigenvalue weighted by Crippen LogP contribution is -2.04. The standard InChI is InChI=1S/C12H10ClN3O5/c13-9-2-1-8(16(20)21)5-10(9)15-6-7(3-4-17)11(14-15)12(18)19/h1-2,5-6,17H,3-4H2,(H,18,19). The summed E-state index contributed by atoms with van der Waals surface area (Å²) >= 11 is 5.97. The SMILES string of the molecule is O=C(O)c1nn(-c2cc([N+](=O)[O-])ccc2Cl)cc1CCO. The molecule has 0 saturated heterocycles. The maximum absolute atomic E-state index is 11.1. The molecule has 2 N–H and O–H groups in total. The Hall–Kier alpha value is -2.45. The Kier molecular flexibility index (Phi) is 4.20. The van der Waals surface area contributed by atoms with Crippen LogP contribution in [0.2, 0.25) is 5.02 Å². The molecular weight excluding hydrogens is 302 g/mol. The maximum Gasteiger partial charge on any atom is 0.356 e. The van der Waals surface area contributed by atoms with E-state index in [4.69, 9.17) is 21.8 Å². The van der Waals surface area contributed by atoms with Crippen LogP contribution in [0.25, 0.3) is 5.69 Å². The van der Waals surface area contributed by atoms with Gasteiger partial charge in [-0.3, -0.25) is 10.1 Å². The Balaban J connectivity index is 2.56. The Bertz CT molecular complexity index is 713. The van der Waals surface area contributed by atoms with Gasteiger partial charge >= 0.3 is 5.97 Å². The van der Waals surface area contributed by atoms with E-state index in [0.29, 0.717) is 5.56 Å². The lowest BCUT2D eigenvalue weighted by molar-refractivity contribution is -0.384. The van der Waals surface area contributed by atoms with Crippen LogP contribution >= 0.6 is 11.6 Å². The molecule has 8 nitrogen and oxygen atoms in total. The third-order valence-corrected chi connectivity index (χ3v) is 3.08. The fourth-order valence-corrected chi connectivity index (χ4v) is 2.01. The van der Waals surface area contributed by atoms with E-state index in [2.05, 4.69) is 5.10 Å². The van der Waals surface area contributed by atoms with Gasteiger partial charge in [-0.1, -0.05) is 11.6 Å². The normalized spacial score (nSPS) is 10.6. The molecule has 0 amide bonds. The number of carbonyl (C=O) groups is 1. The molecule has 0 atom stereocenters. The number of halogens is 1. The molecule has 21 heavy (non-hydrogen) atoms. The van der Waals surface area contributed by atoms with Crippen LogP contribution in [0.4, 0.5) is 5.69 Å². The number of benzene rings is 1. The summed E-state index contributed by atoms with van der Waals surface area (Å²) in [6.07, 6.45) is 1.48. The van der Waals surface area contributed by atoms with Crippen molar-refractivity contribution in [3.8, 4) is 5.69 Å². The molecule has 0 unspecified atom stereocenters. The number of carboxylic acids is 1. The highest BCUT2D eigenvalue weighted by Crippen LogP contribution is 2.26. The summed E-state index contributed by atoms with van der Waals surface area (Å²) in [6.45, 7) is -0.241. The molecule has 0 spiro atoms. The second-order valence-electron chi connectivity index (χ2n) is 4.12. The third-order valence-electron chi connectivity index (χ3n) is 2.76. The van der Waals surface area contributed by atoms with Crippen molar-refractivity contribution in [2.75, 3.05) is 6.61 Å². The summed E-state index contributed by atoms with van der Waals surface area (Å²) in [7, 11) is 0. The zero-order valence-electron chi connectivity index (χ0n) is 10.6. The van der Waals surface area contributed by atoms with Gasteiger partial charge in [0.25, 0.3) is 5.69 Å². The first-order chi connectivity index (χ1) is 9.93. The predicted octanol–water partition coefficient (Wildman–Crippen LogP) is 1.67. The molecule has 0 aliphatic carbocycles. The van der Waals surface area contributed by atoms with E-state index in [1.807, 2.05) is 0 Å². The van der Waals surface area contributed by atoms with E-state index in [9.17, 15) is 14.9 Å². The number of aromatic carboxylic acids is 1. The minimum Gasteiger partial charge on any atom is -0.476 e. The van der Waals surface area contributed by atoms with Crippen LogP contribution in [-0.2, 0) is 6.42 Å². The summed E-state index contributed by atoms with van der Waals surface area (Å²) < 4.78 is 1.16. The summed E-state index contributed by atoms with van der Waals surface area (Å²) in [5, 5.41) is 32.8. The number of nitro benzene ring substituents is 1. The van der Waals surface area contributed by atoms with E-state index in [1.165, 1.54) is 24.4 Å². The number of nitrogens with zero attached hydrogens (tertiary/aromatic N) is 3. The fraction of sp³-hybridized carbons (Fsp3) is 0.167. The van der Waals surface area contributed by atoms with Gasteiger partial charge in [0.15, 0.2) is 5.69 Å². The molecule has 1 aromatic carbocycles. The molecule has 0 saturated carbocycles. The number of hydrogen-bond donors (Lipinski definition) is 2. The van der Waals surface area contributed by atoms with Crippen LogP contribution in [0.5, 0.6) is 0 Å². The first kappa shape index (κ1) is 14.9. The average molecular weight is 312 g/mol. The maximum atomic E-state index is 11.1. The first-order valence-corrected chi connectivity index (χ1v) is 6.19. The van der Waals surface area contributed by atoms with Gasteiger partial charge in [0.1, 0.15) is 0 Å². The number of aromatic nitrogens is 2. The molecule has 2 rings (SSSR count). The number of hydrogen-bond acceptors (Lipinski definition) is 5. The quantitative estimate of drug-likeness (QED) is 0.640. The fourth-order valence-electron chi connectivity index (χ4n) is 1.81. The van der Waals surface area contributed by atoms with Gasteiger partial charge in [-0.15, -0.1) is 0 Å². The van der Waals surface area contributed by atoms with Crippen LogP contribution in [0.3, 0.4) is 0 Å². The van der Waals surface area contributed by atoms with Crippen LogP contribution in [0.15, 0.2) is 24.4 Å². The van der Waals surface area contributed by atoms with Gasteiger partial charge in [0.2, 0.25) is 0 Å². The van der Waals surface area contributed by atoms with Crippen molar-refractivity contribution >= 4 is 23.3 Å². The van der Waals surface area contributed by atoms with E-state index >= 15 is 0 Å². The van der Waals surface area contributed by atoms with Crippen molar-refractivity contribution in [2.24, 2.45) is 0 Å². The van der Waals surface area contributed by atoms with Crippen molar-refractivity contribution in [1.29, 1.82) is 0 Å². The topological polar surface area (TPSA) is 118 Å². The summed E-state index contributed by atoms with van der Waals surface area (Å²) in [4.78, 5) is 21.3. The molecule has 1 heterocycles. The van der Waals surface area contributed by atoms with Gasteiger partial charge in [-0.05, 0) is 12.5 Å². The smallest absolute Gasteiger partial charge is 0.356 e. The second-order valence-corrected chi connectivity index (χ2v) is 4.53. The molecule has 9 heteroatoms. The number of rotatable bonds is 5. The lowest BCUT2D eigenvalue weighted by Gasteiger charge is -2.03. The molecule has 0 bridgehead atoms. The summed E-state index contributed by atoms with van der Waals surface area (Å²) in [6, 6.07) is 3.77. The van der Waals surface area contributed by atoms with Gasteiger partial charge in [0.05, 0.1) is 15.6 Å². The van der Waals surface area contributed by atoms with Gasteiger partial charge in [0, 0.05) is 30.5 Å². The minimum atomic E-state index is -1.25. The zero-order valence-corrected chi connectivity index (χ0v) is 11.3. The van der Waals surface area contributed by atoms with Crippen LogP contribution < -0.4 is 0 Å². The van der Waals surface area contributed by atoms with E-state index in [-0.39, 0.29) is 35.1 Å². The Morgan fingerprint density at radius 3 is 2.76 bits per heavy atom. The van der Waals surface area contributed by atoms with Crippen molar-refractivity contribution in [2.45, 2.75) is 6.42 Å². The van der Waals surface area contributed by atoms with Gasteiger partial charge in [-0.25, -0.2) is 9.48 Å². The Labute approximate surface area is 123 Å². The monoisotopic (exact) mass is 311 g/mol. The Morgan fingerprint density at radius 2 is 2.19 bits per heavy atom. The largest absolute Gasteiger partial charge is 0.476 e. The van der Waals surface area contributed by atoms with Crippen molar-refractivity contribution < 1.29 is 19.9 Å². The molecule has 2 aromatic rings. The van der Waals surface area contributed by atoms with Gasteiger partial charge in [-0.2, -0.15) is 5.10 Å². The van der Waals surface area contributed by atoms with Crippen LogP contribution in [0.1, 0.15) is 16.1 Å². The predicted molar refractivity (Wildman–Crippen MR) is 73.0 cm³/mol. The summed E-state index contributed by atoms with van der Waals surface area (Å²) in [5.74, 6) is -1.25. The van der Waals surface area contributed by atoms with Crippen LogP contribution in [-0.4, -0.2) is 37.5 Å². The Morgan fingerprint density at radius 1 is 1.48 bits per heavy atom. The molecule has 0 fully saturated rings. The number of aliphatic hydroxyl groups excluding tert-OH is 1. The number of aliphatic hydroxyl groups is 1. The molecule has 0 aliphatic heterocycles. The van der Waals surface area contributed by atoms with E-state index < -0.39 is 10.9 Å². The number of non-ortho nitro benzene ring substituents is 1. The lowest BCUT2D eigenvalue weighted by atomic mass is 10.2. The highest BCUT2D eigenvalue weighted by molar-refractivity contribution is 6.32. The average Bonchev–Trinajstić information content (AvgIpc) is 2.83. The first-order valence-electron chi connectivity index (χ1n) is 5.81. The minimum absolute atomic E-state index is 0.105. The van der Waals surface area contributed by atoms with Crippen molar-refractivity contribution in [3.63, 3.8) is 0 Å². The molecular formula is C12H10ClN3O5. The molecule has 1 aromatic heterocycles. The van der Waals surface area contributed by atoms with E-state index in [0.717, 1.165) is 4.68 Å². The number of nitro groups is 1. The zero-order chi connectivity index (χ0) is 15.6. The molecule has 110 valence electrons. The van der Waals surface area contributed by atoms with Crippen molar-refractivity contribution in [3.05, 3.63) is 50.8 Å². The van der Waals surface area contributed by atoms with E-state index in [1.54, 1.807) is 0 Å². The summed E-state index contributed by atoms with van der Waals surface area (Å²) in [5.41, 5.74) is 0.0854. The van der Waals surface area contributed by atoms with Crippen molar-refractivity contribution in [1.82, 2.24) is 9.78 Å². The highest BCUT2D eigenvalue weighted by Gasteiger charge is 2.18. The van der Waals surface area contributed by atoms with Crippen LogP contribution in [0, 0.1) is 10.1 Å². The third kappa shape index (κ3) is 3.01. The highest BCUT2D eigenvalue weighted by atomic mass is 35.5. The number of carboxylic acid groups (broad SMARTS) is 1. The molecule has 0 aliphatic rings. The second kappa shape index (κ2) is 5.90. The van der Waals surface area contributed by atoms with Gasteiger partial charge < -0.3 is 10.2 Å². The molecule has 0 radical (unpaired) electrons.